The van der Waals surface area contributed by atoms with E-state index in [1.807, 2.05) is 0 Å². The van der Waals surface area contributed by atoms with E-state index in [0.717, 1.165) is 24.7 Å². The quantitative estimate of drug-likeness (QED) is 0.584. The molecule has 1 radical (unpaired) electrons. The van der Waals surface area contributed by atoms with Crippen LogP contribution in [0.5, 0.6) is 0 Å². The second-order valence-electron chi connectivity index (χ2n) is 4.00. The van der Waals surface area contributed by atoms with E-state index in [9.17, 15) is 0 Å². The topological polar surface area (TPSA) is 23.8 Å². The van der Waals surface area contributed by atoms with Crippen molar-refractivity contribution in [1.29, 1.82) is 0 Å². The van der Waals surface area contributed by atoms with Gasteiger partial charge in [-0.2, -0.15) is 0 Å². The van der Waals surface area contributed by atoms with Crippen molar-refractivity contribution >= 4 is 0 Å². The molecular formula is C10H20N. The molecule has 1 heteroatoms. The maximum atomic E-state index is 7.56. The zero-order chi connectivity index (χ0) is 8.27. The Hall–Kier alpha value is -0.0400. The summed E-state index contributed by atoms with van der Waals surface area (Å²) >= 11 is 0. The van der Waals surface area contributed by atoms with Crippen LogP contribution in [0.4, 0.5) is 0 Å². The highest BCUT2D eigenvalue weighted by atomic mass is 14.6. The molecule has 1 saturated carbocycles. The molecule has 1 unspecified atom stereocenters. The Balaban J connectivity index is 2.27. The van der Waals surface area contributed by atoms with Crippen LogP contribution < -0.4 is 5.73 Å². The van der Waals surface area contributed by atoms with E-state index < -0.39 is 0 Å². The monoisotopic (exact) mass is 154 g/mol. The van der Waals surface area contributed by atoms with Gasteiger partial charge in [0, 0.05) is 6.04 Å². The minimum Gasteiger partial charge on any atom is -0.255 e. The largest absolute Gasteiger partial charge is 0.255 e. The molecule has 0 aliphatic heterocycles. The fraction of sp³-hybridized carbons (Fsp3) is 1.00. The highest BCUT2D eigenvalue weighted by Gasteiger charge is 2.22. The molecule has 0 amide bonds. The van der Waals surface area contributed by atoms with Crippen LogP contribution in [0.15, 0.2) is 0 Å². The SMILES string of the molecule is CCC(C)C1CCC([NH])CC1. The summed E-state index contributed by atoms with van der Waals surface area (Å²) in [5, 5.41) is 0. The van der Waals surface area contributed by atoms with Crippen molar-refractivity contribution in [2.75, 3.05) is 0 Å². The summed E-state index contributed by atoms with van der Waals surface area (Å²) in [5.41, 5.74) is 7.56. The Bertz CT molecular complexity index is 103. The third-order valence-electron chi connectivity index (χ3n) is 3.22. The molecule has 1 rings (SSSR count). The van der Waals surface area contributed by atoms with Crippen molar-refractivity contribution in [2.45, 2.75) is 52.0 Å². The Morgan fingerprint density at radius 1 is 1.27 bits per heavy atom. The maximum absolute atomic E-state index is 7.56. The van der Waals surface area contributed by atoms with E-state index in [2.05, 4.69) is 13.8 Å². The molecule has 1 N–H and O–H groups in total. The van der Waals surface area contributed by atoms with Gasteiger partial charge in [0.25, 0.3) is 0 Å². The fourth-order valence-electron chi connectivity index (χ4n) is 2.02. The molecule has 1 aliphatic rings. The van der Waals surface area contributed by atoms with Gasteiger partial charge in [0.2, 0.25) is 0 Å². The molecule has 0 bridgehead atoms. The summed E-state index contributed by atoms with van der Waals surface area (Å²) in [6, 6.07) is 0.260. The molecule has 0 aromatic rings. The lowest BCUT2D eigenvalue weighted by atomic mass is 9.78. The lowest BCUT2D eigenvalue weighted by molar-refractivity contribution is 0.239. The van der Waals surface area contributed by atoms with Gasteiger partial charge < -0.3 is 0 Å². The van der Waals surface area contributed by atoms with E-state index in [4.69, 9.17) is 5.73 Å². The minimum absolute atomic E-state index is 0.260. The second kappa shape index (κ2) is 4.10. The van der Waals surface area contributed by atoms with E-state index >= 15 is 0 Å². The molecule has 65 valence electrons. The number of nitrogens with one attached hydrogen (secondary N) is 1. The van der Waals surface area contributed by atoms with Crippen molar-refractivity contribution in [3.63, 3.8) is 0 Å². The predicted molar refractivity (Wildman–Crippen MR) is 48.3 cm³/mol. The third kappa shape index (κ3) is 2.48. The molecule has 1 nitrogen and oxygen atoms in total. The van der Waals surface area contributed by atoms with Crippen LogP contribution in [-0.2, 0) is 0 Å². The van der Waals surface area contributed by atoms with Gasteiger partial charge in [-0.25, -0.2) is 0 Å². The maximum Gasteiger partial charge on any atom is 0.0213 e. The van der Waals surface area contributed by atoms with Crippen molar-refractivity contribution in [2.24, 2.45) is 11.8 Å². The highest BCUT2D eigenvalue weighted by Crippen LogP contribution is 2.31. The first-order valence-corrected chi connectivity index (χ1v) is 4.95. The van der Waals surface area contributed by atoms with Crippen molar-refractivity contribution in [1.82, 2.24) is 5.73 Å². The van der Waals surface area contributed by atoms with Gasteiger partial charge in [-0.15, -0.1) is 0 Å². The first kappa shape index (κ1) is 9.05. The minimum atomic E-state index is 0.260. The Labute approximate surface area is 70.4 Å². The molecule has 1 fully saturated rings. The van der Waals surface area contributed by atoms with Crippen LogP contribution in [0, 0.1) is 11.8 Å². The Kier molecular flexibility index (Phi) is 3.38. The first-order chi connectivity index (χ1) is 5.24. The zero-order valence-electron chi connectivity index (χ0n) is 7.77. The summed E-state index contributed by atoms with van der Waals surface area (Å²) < 4.78 is 0. The van der Waals surface area contributed by atoms with Crippen LogP contribution >= 0.6 is 0 Å². The van der Waals surface area contributed by atoms with Gasteiger partial charge in [0.1, 0.15) is 0 Å². The summed E-state index contributed by atoms with van der Waals surface area (Å²) in [6.07, 6.45) is 6.23. The van der Waals surface area contributed by atoms with Crippen molar-refractivity contribution in [3.8, 4) is 0 Å². The van der Waals surface area contributed by atoms with Crippen LogP contribution in [-0.4, -0.2) is 6.04 Å². The summed E-state index contributed by atoms with van der Waals surface area (Å²) in [4.78, 5) is 0. The Morgan fingerprint density at radius 3 is 2.27 bits per heavy atom. The zero-order valence-corrected chi connectivity index (χ0v) is 7.77. The number of hydrogen-bond acceptors (Lipinski definition) is 0. The van der Waals surface area contributed by atoms with Gasteiger partial charge >= 0.3 is 0 Å². The molecule has 0 aromatic carbocycles. The van der Waals surface area contributed by atoms with Crippen molar-refractivity contribution < 1.29 is 0 Å². The number of rotatable bonds is 2. The van der Waals surface area contributed by atoms with Crippen molar-refractivity contribution in [3.05, 3.63) is 0 Å². The van der Waals surface area contributed by atoms with Gasteiger partial charge in [-0.1, -0.05) is 20.3 Å². The van der Waals surface area contributed by atoms with Crippen LogP contribution in [0.2, 0.25) is 0 Å². The van der Waals surface area contributed by atoms with E-state index in [-0.39, 0.29) is 6.04 Å². The molecule has 1 aliphatic carbocycles. The van der Waals surface area contributed by atoms with Gasteiger partial charge in [0.15, 0.2) is 0 Å². The predicted octanol–water partition coefficient (Wildman–Crippen LogP) is 2.87. The number of hydrogen-bond donors (Lipinski definition) is 0. The summed E-state index contributed by atoms with van der Waals surface area (Å²) in [6.45, 7) is 4.63. The van der Waals surface area contributed by atoms with E-state index in [1.165, 1.54) is 19.3 Å². The van der Waals surface area contributed by atoms with Gasteiger partial charge in [-0.05, 0) is 37.5 Å². The highest BCUT2D eigenvalue weighted by molar-refractivity contribution is 4.76. The van der Waals surface area contributed by atoms with E-state index in [1.54, 1.807) is 0 Å². The van der Waals surface area contributed by atoms with Gasteiger partial charge in [-0.3, -0.25) is 5.73 Å². The fourth-order valence-corrected chi connectivity index (χ4v) is 2.02. The molecule has 1 atom stereocenters. The Morgan fingerprint density at radius 2 is 1.82 bits per heavy atom. The molecule has 0 heterocycles. The van der Waals surface area contributed by atoms with Gasteiger partial charge in [0.05, 0.1) is 0 Å². The van der Waals surface area contributed by atoms with E-state index in [0.29, 0.717) is 0 Å². The van der Waals surface area contributed by atoms with Crippen LogP contribution in [0.25, 0.3) is 0 Å². The smallest absolute Gasteiger partial charge is 0.0213 e. The average Bonchev–Trinajstić information content (AvgIpc) is 2.05. The summed E-state index contributed by atoms with van der Waals surface area (Å²) in [5.74, 6) is 1.82. The second-order valence-corrected chi connectivity index (χ2v) is 4.00. The normalized spacial score (nSPS) is 35.2. The average molecular weight is 154 g/mol. The molecule has 11 heavy (non-hydrogen) atoms. The van der Waals surface area contributed by atoms with Crippen LogP contribution in [0.1, 0.15) is 46.0 Å². The lowest BCUT2D eigenvalue weighted by Gasteiger charge is -2.29. The molecule has 0 saturated heterocycles. The molecular weight excluding hydrogens is 134 g/mol. The summed E-state index contributed by atoms with van der Waals surface area (Å²) in [7, 11) is 0. The molecule has 0 aromatic heterocycles. The van der Waals surface area contributed by atoms with Crippen LogP contribution in [0.3, 0.4) is 0 Å². The molecule has 0 spiro atoms. The lowest BCUT2D eigenvalue weighted by Crippen LogP contribution is -2.23. The standard InChI is InChI=1S/C10H20N/c1-3-8(2)9-4-6-10(11)7-5-9/h8-11H,3-7H2,1-2H3. The third-order valence-corrected chi connectivity index (χ3v) is 3.22. The first-order valence-electron chi connectivity index (χ1n) is 4.95.